The zero-order valence-corrected chi connectivity index (χ0v) is 13.3. The van der Waals surface area contributed by atoms with Crippen molar-refractivity contribution in [2.45, 2.75) is 31.7 Å². The van der Waals surface area contributed by atoms with Crippen LogP contribution in [0.3, 0.4) is 0 Å². The number of hydrogen-bond donors (Lipinski definition) is 0. The van der Waals surface area contributed by atoms with E-state index in [1.807, 2.05) is 12.1 Å². The van der Waals surface area contributed by atoms with E-state index < -0.39 is 0 Å². The van der Waals surface area contributed by atoms with Crippen LogP contribution in [0.5, 0.6) is 0 Å². The summed E-state index contributed by atoms with van der Waals surface area (Å²) in [5.41, 5.74) is 1.67. The number of rotatable bonds is 4. The summed E-state index contributed by atoms with van der Waals surface area (Å²) in [5, 5.41) is 11.4. The van der Waals surface area contributed by atoms with Crippen LogP contribution in [0.4, 0.5) is 11.4 Å². The largest absolute Gasteiger partial charge is 0.362 e. The molecule has 1 fully saturated rings. The van der Waals surface area contributed by atoms with E-state index in [9.17, 15) is 10.1 Å². The number of nitrogens with zero attached hydrogens (tertiary/aromatic N) is 3. The molecule has 1 aliphatic rings. The second-order valence-corrected chi connectivity index (χ2v) is 5.85. The van der Waals surface area contributed by atoms with Crippen molar-refractivity contribution in [3.63, 3.8) is 0 Å². The van der Waals surface area contributed by atoms with Gasteiger partial charge in [0, 0.05) is 31.1 Å². The number of hydrogen-bond acceptors (Lipinski definition) is 4. The van der Waals surface area contributed by atoms with Gasteiger partial charge in [-0.1, -0.05) is 13.0 Å². The van der Waals surface area contributed by atoms with Crippen molar-refractivity contribution in [3.05, 3.63) is 33.9 Å². The van der Waals surface area contributed by atoms with Gasteiger partial charge in [-0.15, -0.1) is 11.6 Å². The first kappa shape index (κ1) is 16.0. The number of benzene rings is 1. The van der Waals surface area contributed by atoms with E-state index >= 15 is 0 Å². The number of likely N-dealkylation sites (N-methyl/N-ethyl adjacent to an activating group) is 1. The molecule has 1 aromatic carbocycles. The summed E-state index contributed by atoms with van der Waals surface area (Å²) in [7, 11) is 2.11. The molecule has 2 rings (SSSR count). The van der Waals surface area contributed by atoms with Gasteiger partial charge in [0.2, 0.25) is 0 Å². The first-order valence-corrected chi connectivity index (χ1v) is 7.88. The molecule has 0 aliphatic carbocycles. The van der Waals surface area contributed by atoms with E-state index in [4.69, 9.17) is 11.6 Å². The number of alkyl halides is 1. The van der Waals surface area contributed by atoms with Crippen LogP contribution in [0.25, 0.3) is 0 Å². The van der Waals surface area contributed by atoms with Gasteiger partial charge in [-0.05, 0) is 38.1 Å². The number of nitro benzene ring substituents is 1. The van der Waals surface area contributed by atoms with Gasteiger partial charge in [-0.25, -0.2) is 0 Å². The highest BCUT2D eigenvalue weighted by atomic mass is 35.5. The molecule has 0 aromatic heterocycles. The molecule has 0 bridgehead atoms. The van der Waals surface area contributed by atoms with Gasteiger partial charge in [0.05, 0.1) is 4.92 Å². The maximum absolute atomic E-state index is 11.4. The Morgan fingerprint density at radius 2 is 2.19 bits per heavy atom. The summed E-state index contributed by atoms with van der Waals surface area (Å²) >= 11 is 5.80. The van der Waals surface area contributed by atoms with Crippen LogP contribution in [0.15, 0.2) is 18.2 Å². The van der Waals surface area contributed by atoms with Gasteiger partial charge in [0.15, 0.2) is 0 Å². The van der Waals surface area contributed by atoms with Crippen molar-refractivity contribution >= 4 is 23.0 Å². The number of anilines is 1. The molecule has 116 valence electrons. The van der Waals surface area contributed by atoms with Crippen molar-refractivity contribution in [1.29, 1.82) is 0 Å². The molecule has 1 saturated heterocycles. The highest BCUT2D eigenvalue weighted by Crippen LogP contribution is 2.32. The first-order valence-electron chi connectivity index (χ1n) is 7.35. The minimum Gasteiger partial charge on any atom is -0.362 e. The molecule has 5 nitrogen and oxygen atoms in total. The predicted octanol–water partition coefficient (Wildman–Crippen LogP) is 3.25. The predicted molar refractivity (Wildman–Crippen MR) is 86.2 cm³/mol. The summed E-state index contributed by atoms with van der Waals surface area (Å²) in [6.07, 6.45) is 1.99. The first-order chi connectivity index (χ1) is 10.1. The summed E-state index contributed by atoms with van der Waals surface area (Å²) in [4.78, 5) is 15.6. The van der Waals surface area contributed by atoms with Crippen LogP contribution in [0, 0.1) is 10.1 Å². The van der Waals surface area contributed by atoms with Crippen molar-refractivity contribution in [2.75, 3.05) is 31.6 Å². The van der Waals surface area contributed by atoms with Crippen LogP contribution in [0.1, 0.15) is 25.3 Å². The monoisotopic (exact) mass is 311 g/mol. The number of nitro groups is 1. The zero-order chi connectivity index (χ0) is 15.4. The van der Waals surface area contributed by atoms with Crippen LogP contribution in [0.2, 0.25) is 0 Å². The van der Waals surface area contributed by atoms with E-state index in [0.29, 0.717) is 11.9 Å². The lowest BCUT2D eigenvalue weighted by molar-refractivity contribution is -0.384. The van der Waals surface area contributed by atoms with E-state index in [1.165, 1.54) is 0 Å². The van der Waals surface area contributed by atoms with Gasteiger partial charge < -0.3 is 9.80 Å². The fraction of sp³-hybridized carbons (Fsp3) is 0.600. The Morgan fingerprint density at radius 1 is 1.43 bits per heavy atom. The second kappa shape index (κ2) is 7.09. The smallest absolute Gasteiger partial charge is 0.292 e. The number of halogens is 1. The molecule has 1 aliphatic heterocycles. The molecule has 6 heteroatoms. The Hall–Kier alpha value is -1.33. The molecule has 1 aromatic rings. The van der Waals surface area contributed by atoms with Crippen molar-refractivity contribution < 1.29 is 4.92 Å². The molecular formula is C15H22ClN3O2. The quantitative estimate of drug-likeness (QED) is 0.486. The van der Waals surface area contributed by atoms with E-state index in [-0.39, 0.29) is 10.6 Å². The van der Waals surface area contributed by atoms with E-state index in [2.05, 4.69) is 23.8 Å². The minimum atomic E-state index is -0.299. The topological polar surface area (TPSA) is 49.6 Å². The Morgan fingerprint density at radius 3 is 2.81 bits per heavy atom. The van der Waals surface area contributed by atoms with Crippen molar-refractivity contribution in [1.82, 2.24) is 4.90 Å². The summed E-state index contributed by atoms with van der Waals surface area (Å²) in [6.45, 7) is 4.95. The van der Waals surface area contributed by atoms with Crippen LogP contribution in [-0.4, -0.2) is 42.5 Å². The lowest BCUT2D eigenvalue weighted by Gasteiger charge is -2.32. The summed E-state index contributed by atoms with van der Waals surface area (Å²) in [5.74, 6) is 0.293. The van der Waals surface area contributed by atoms with E-state index in [1.54, 1.807) is 6.07 Å². The van der Waals surface area contributed by atoms with Crippen LogP contribution in [-0.2, 0) is 5.88 Å². The third-order valence-electron chi connectivity index (χ3n) is 4.07. The molecule has 0 radical (unpaired) electrons. The standard InChI is InChI=1S/C15H22ClN3O2/c1-3-13-11-17(2)7-4-8-18(13)14-6-5-12(10-16)9-15(14)19(20)21/h5-6,9,13H,3-4,7-8,10-11H2,1-2H3. The summed E-state index contributed by atoms with van der Waals surface area (Å²) in [6, 6.07) is 5.64. The molecule has 0 N–H and O–H groups in total. The van der Waals surface area contributed by atoms with Crippen molar-refractivity contribution in [2.24, 2.45) is 0 Å². The Balaban J connectivity index is 2.40. The lowest BCUT2D eigenvalue weighted by atomic mass is 10.1. The Bertz CT molecular complexity index is 510. The SMILES string of the molecule is CCC1CN(C)CCCN1c1ccc(CCl)cc1[N+](=O)[O-]. The Labute approximate surface area is 130 Å². The highest BCUT2D eigenvalue weighted by Gasteiger charge is 2.27. The van der Waals surface area contributed by atoms with Gasteiger partial charge in [-0.2, -0.15) is 0 Å². The van der Waals surface area contributed by atoms with Gasteiger partial charge in [0.1, 0.15) is 5.69 Å². The molecule has 1 atom stereocenters. The van der Waals surface area contributed by atoms with Crippen LogP contribution >= 0.6 is 11.6 Å². The average Bonchev–Trinajstić information content (AvgIpc) is 2.67. The summed E-state index contributed by atoms with van der Waals surface area (Å²) < 4.78 is 0. The normalized spacial score (nSPS) is 20.3. The van der Waals surface area contributed by atoms with E-state index in [0.717, 1.165) is 43.7 Å². The third kappa shape index (κ3) is 3.66. The maximum atomic E-state index is 11.4. The minimum absolute atomic E-state index is 0.163. The molecule has 0 amide bonds. The Kier molecular flexibility index (Phi) is 5.42. The molecular weight excluding hydrogens is 290 g/mol. The average molecular weight is 312 g/mol. The van der Waals surface area contributed by atoms with Crippen LogP contribution < -0.4 is 4.90 Å². The third-order valence-corrected chi connectivity index (χ3v) is 4.38. The van der Waals surface area contributed by atoms with Gasteiger partial charge >= 0.3 is 0 Å². The van der Waals surface area contributed by atoms with Gasteiger partial charge in [0.25, 0.3) is 5.69 Å². The maximum Gasteiger partial charge on any atom is 0.292 e. The highest BCUT2D eigenvalue weighted by molar-refractivity contribution is 6.17. The fourth-order valence-electron chi connectivity index (χ4n) is 2.95. The fourth-order valence-corrected chi connectivity index (χ4v) is 3.12. The molecule has 0 saturated carbocycles. The zero-order valence-electron chi connectivity index (χ0n) is 12.6. The molecule has 1 unspecified atom stereocenters. The molecule has 0 spiro atoms. The second-order valence-electron chi connectivity index (χ2n) is 5.59. The lowest BCUT2D eigenvalue weighted by Crippen LogP contribution is -2.40. The van der Waals surface area contributed by atoms with Crippen molar-refractivity contribution in [3.8, 4) is 0 Å². The molecule has 21 heavy (non-hydrogen) atoms. The molecule has 1 heterocycles. The van der Waals surface area contributed by atoms with Gasteiger partial charge in [-0.3, -0.25) is 10.1 Å².